The molecular weight excluding hydrogens is 318 g/mol. The molecule has 7 nitrogen and oxygen atoms in total. The molecule has 1 N–H and O–H groups in total. The molecule has 2 aromatic carbocycles. The van der Waals surface area contributed by atoms with E-state index in [4.69, 9.17) is 4.74 Å². The Balaban J connectivity index is 1.54. The molecule has 0 fully saturated rings. The van der Waals surface area contributed by atoms with Crippen molar-refractivity contribution in [2.24, 2.45) is 0 Å². The molecule has 1 aromatic heterocycles. The summed E-state index contributed by atoms with van der Waals surface area (Å²) in [5, 5.41) is 14.8. The second-order valence-corrected chi connectivity index (χ2v) is 5.70. The van der Waals surface area contributed by atoms with Crippen molar-refractivity contribution in [3.8, 4) is 5.75 Å². The van der Waals surface area contributed by atoms with Gasteiger partial charge < -0.3 is 10.1 Å². The zero-order valence-corrected chi connectivity index (χ0v) is 14.1. The number of carbonyl (C=O) groups is 1. The van der Waals surface area contributed by atoms with Crippen molar-refractivity contribution in [3.05, 3.63) is 65.5 Å². The van der Waals surface area contributed by atoms with Gasteiger partial charge in [0.25, 0.3) is 0 Å². The monoisotopic (exact) mass is 337 g/mol. The summed E-state index contributed by atoms with van der Waals surface area (Å²) in [6.45, 7) is 4.15. The second kappa shape index (κ2) is 7.57. The third kappa shape index (κ3) is 4.63. The maximum Gasteiger partial charge on any atom is 0.248 e. The SMILES string of the molecule is Cc1ccc(NC(=O)Cn2nnc(COc3ccccc3)n2)c(C)c1. The number of aromatic nitrogens is 4. The van der Waals surface area contributed by atoms with Crippen LogP contribution in [0.25, 0.3) is 0 Å². The van der Waals surface area contributed by atoms with E-state index in [1.165, 1.54) is 4.80 Å². The first-order valence-corrected chi connectivity index (χ1v) is 7.92. The lowest BCUT2D eigenvalue weighted by molar-refractivity contribution is -0.117. The van der Waals surface area contributed by atoms with Crippen LogP contribution in [-0.2, 0) is 17.9 Å². The molecule has 0 radical (unpaired) electrons. The minimum Gasteiger partial charge on any atom is -0.485 e. The average Bonchev–Trinajstić information content (AvgIpc) is 3.04. The van der Waals surface area contributed by atoms with Gasteiger partial charge in [-0.3, -0.25) is 4.79 Å². The molecule has 0 aliphatic rings. The van der Waals surface area contributed by atoms with Gasteiger partial charge in [0.2, 0.25) is 11.7 Å². The maximum absolute atomic E-state index is 12.1. The first-order chi connectivity index (χ1) is 12.1. The van der Waals surface area contributed by atoms with Crippen molar-refractivity contribution in [1.82, 2.24) is 20.2 Å². The quantitative estimate of drug-likeness (QED) is 0.747. The fraction of sp³-hybridized carbons (Fsp3) is 0.222. The number of amides is 1. The van der Waals surface area contributed by atoms with Crippen molar-refractivity contribution in [2.45, 2.75) is 27.0 Å². The van der Waals surface area contributed by atoms with Gasteiger partial charge in [0.1, 0.15) is 12.3 Å². The molecule has 0 spiro atoms. The Hall–Kier alpha value is -3.22. The van der Waals surface area contributed by atoms with E-state index in [1.807, 2.05) is 62.4 Å². The average molecular weight is 337 g/mol. The molecule has 0 saturated heterocycles. The molecule has 0 atom stereocenters. The number of anilines is 1. The minimum atomic E-state index is -0.208. The van der Waals surface area contributed by atoms with E-state index in [-0.39, 0.29) is 19.1 Å². The molecule has 128 valence electrons. The fourth-order valence-corrected chi connectivity index (χ4v) is 2.34. The Labute approximate surface area is 145 Å². The highest BCUT2D eigenvalue weighted by Crippen LogP contribution is 2.16. The van der Waals surface area contributed by atoms with Gasteiger partial charge in [-0.1, -0.05) is 35.9 Å². The Bertz CT molecular complexity index is 861. The van der Waals surface area contributed by atoms with Crippen LogP contribution in [0.1, 0.15) is 17.0 Å². The largest absolute Gasteiger partial charge is 0.485 e. The summed E-state index contributed by atoms with van der Waals surface area (Å²) in [5.41, 5.74) is 2.94. The van der Waals surface area contributed by atoms with Gasteiger partial charge in [-0.25, -0.2) is 0 Å². The zero-order chi connectivity index (χ0) is 17.6. The summed E-state index contributed by atoms with van der Waals surface area (Å²) in [7, 11) is 0. The second-order valence-electron chi connectivity index (χ2n) is 5.70. The molecule has 1 amide bonds. The van der Waals surface area contributed by atoms with Gasteiger partial charge >= 0.3 is 0 Å². The third-order valence-electron chi connectivity index (χ3n) is 3.55. The number of ether oxygens (including phenoxy) is 1. The number of hydrogen-bond donors (Lipinski definition) is 1. The third-order valence-corrected chi connectivity index (χ3v) is 3.55. The summed E-state index contributed by atoms with van der Waals surface area (Å²) in [4.78, 5) is 13.4. The highest BCUT2D eigenvalue weighted by Gasteiger charge is 2.10. The number of tetrazole rings is 1. The number of nitrogens with zero attached hydrogens (tertiary/aromatic N) is 4. The van der Waals surface area contributed by atoms with E-state index >= 15 is 0 Å². The van der Waals surface area contributed by atoms with E-state index in [0.717, 1.165) is 22.6 Å². The van der Waals surface area contributed by atoms with Gasteiger partial charge in [0.15, 0.2) is 6.61 Å². The molecule has 0 aliphatic carbocycles. The number of rotatable bonds is 6. The first-order valence-electron chi connectivity index (χ1n) is 7.92. The number of para-hydroxylation sites is 1. The van der Waals surface area contributed by atoms with E-state index in [1.54, 1.807) is 0 Å². The smallest absolute Gasteiger partial charge is 0.248 e. The minimum absolute atomic E-state index is 0.00828. The van der Waals surface area contributed by atoms with Crippen molar-refractivity contribution < 1.29 is 9.53 Å². The number of nitrogens with one attached hydrogen (secondary N) is 1. The van der Waals surface area contributed by atoms with Gasteiger partial charge in [-0.15, -0.1) is 10.2 Å². The van der Waals surface area contributed by atoms with Gasteiger partial charge in [0.05, 0.1) is 0 Å². The van der Waals surface area contributed by atoms with Crippen LogP contribution in [0.2, 0.25) is 0 Å². The summed E-state index contributed by atoms with van der Waals surface area (Å²) in [6, 6.07) is 15.2. The lowest BCUT2D eigenvalue weighted by atomic mass is 10.1. The zero-order valence-electron chi connectivity index (χ0n) is 14.1. The normalized spacial score (nSPS) is 10.5. The van der Waals surface area contributed by atoms with Crippen molar-refractivity contribution >= 4 is 11.6 Å². The topological polar surface area (TPSA) is 81.9 Å². The molecule has 0 bridgehead atoms. The van der Waals surface area contributed by atoms with Crippen molar-refractivity contribution in [3.63, 3.8) is 0 Å². The van der Waals surface area contributed by atoms with E-state index in [9.17, 15) is 4.79 Å². The summed E-state index contributed by atoms with van der Waals surface area (Å²) in [6.07, 6.45) is 0. The summed E-state index contributed by atoms with van der Waals surface area (Å²) >= 11 is 0. The number of carbonyl (C=O) groups excluding carboxylic acids is 1. The molecule has 0 unspecified atom stereocenters. The Morgan fingerprint density at radius 3 is 2.72 bits per heavy atom. The molecule has 3 aromatic rings. The highest BCUT2D eigenvalue weighted by atomic mass is 16.5. The van der Waals surface area contributed by atoms with Crippen LogP contribution < -0.4 is 10.1 Å². The highest BCUT2D eigenvalue weighted by molar-refractivity contribution is 5.91. The summed E-state index contributed by atoms with van der Waals surface area (Å²) < 4.78 is 5.55. The van der Waals surface area contributed by atoms with Crippen molar-refractivity contribution in [2.75, 3.05) is 5.32 Å². The lowest BCUT2D eigenvalue weighted by Crippen LogP contribution is -2.21. The van der Waals surface area contributed by atoms with Gasteiger partial charge in [-0.05, 0) is 42.8 Å². The fourth-order valence-electron chi connectivity index (χ4n) is 2.34. The van der Waals surface area contributed by atoms with Gasteiger partial charge in [-0.2, -0.15) is 4.80 Å². The van der Waals surface area contributed by atoms with Crippen LogP contribution in [0.3, 0.4) is 0 Å². The number of benzene rings is 2. The van der Waals surface area contributed by atoms with Crippen LogP contribution in [0, 0.1) is 13.8 Å². The first kappa shape index (κ1) is 16.6. The molecule has 3 rings (SSSR count). The van der Waals surface area contributed by atoms with Crippen LogP contribution in [0.15, 0.2) is 48.5 Å². The predicted octanol–water partition coefficient (Wildman–Crippen LogP) is 2.51. The van der Waals surface area contributed by atoms with E-state index < -0.39 is 0 Å². The molecular formula is C18H19N5O2. The van der Waals surface area contributed by atoms with E-state index in [0.29, 0.717) is 5.82 Å². The Morgan fingerprint density at radius 2 is 1.96 bits per heavy atom. The van der Waals surface area contributed by atoms with Crippen LogP contribution in [-0.4, -0.2) is 26.1 Å². The van der Waals surface area contributed by atoms with Crippen LogP contribution in [0.4, 0.5) is 5.69 Å². The number of aryl methyl sites for hydroxylation is 2. The maximum atomic E-state index is 12.1. The predicted molar refractivity (Wildman–Crippen MR) is 93.1 cm³/mol. The Kier molecular flexibility index (Phi) is 5.03. The Morgan fingerprint density at radius 1 is 1.16 bits per heavy atom. The number of hydrogen-bond acceptors (Lipinski definition) is 5. The standard InChI is InChI=1S/C18H19N5O2/c1-13-8-9-16(14(2)10-13)19-18(24)11-23-21-17(20-22-23)12-25-15-6-4-3-5-7-15/h3-10H,11-12H2,1-2H3,(H,19,24). The van der Waals surface area contributed by atoms with Gasteiger partial charge in [0, 0.05) is 5.69 Å². The van der Waals surface area contributed by atoms with E-state index in [2.05, 4.69) is 20.7 Å². The molecule has 0 aliphatic heterocycles. The molecule has 1 heterocycles. The molecule has 25 heavy (non-hydrogen) atoms. The van der Waals surface area contributed by atoms with Crippen LogP contribution >= 0.6 is 0 Å². The molecule has 0 saturated carbocycles. The summed E-state index contributed by atoms with van der Waals surface area (Å²) in [5.74, 6) is 0.939. The van der Waals surface area contributed by atoms with Crippen molar-refractivity contribution in [1.29, 1.82) is 0 Å². The lowest BCUT2D eigenvalue weighted by Gasteiger charge is -2.08. The molecule has 7 heteroatoms. The van der Waals surface area contributed by atoms with Crippen LogP contribution in [0.5, 0.6) is 5.75 Å².